The number of benzene rings is 1. The summed E-state index contributed by atoms with van der Waals surface area (Å²) in [4.78, 5) is 12.1. The minimum Gasteiger partial charge on any atom is -0.366 e. The molecule has 1 heterocycles. The molecule has 0 fully saturated rings. The fourth-order valence-electron chi connectivity index (χ4n) is 1.91. The van der Waals surface area contributed by atoms with E-state index in [1.165, 1.54) is 11.1 Å². The Balaban J connectivity index is 1.96. The van der Waals surface area contributed by atoms with E-state index < -0.39 is 0 Å². The highest BCUT2D eigenvalue weighted by Gasteiger charge is 2.08. The van der Waals surface area contributed by atoms with Crippen LogP contribution in [0.15, 0.2) is 35.7 Å². The standard InChI is InChI=1S/C15H18N2OS/c1-10-4-3-5-12(6-10)11(2)17-8-14-7-13(9-19-14)15(16)18/h3-7,9,11,17H,8H2,1-2H3,(H2,16,18)/t11-/m0/s1. The molecule has 2 aromatic rings. The lowest BCUT2D eigenvalue weighted by Gasteiger charge is -2.14. The maximum absolute atomic E-state index is 11.0. The molecule has 0 aliphatic heterocycles. The van der Waals surface area contributed by atoms with Gasteiger partial charge >= 0.3 is 0 Å². The molecule has 100 valence electrons. The predicted octanol–water partition coefficient (Wildman–Crippen LogP) is 3.01. The fourth-order valence-corrected chi connectivity index (χ4v) is 2.74. The summed E-state index contributed by atoms with van der Waals surface area (Å²) in [5.41, 5.74) is 8.36. The first-order chi connectivity index (χ1) is 9.06. The Kier molecular flexibility index (Phi) is 4.35. The molecule has 3 nitrogen and oxygen atoms in total. The van der Waals surface area contributed by atoms with Crippen LogP contribution in [0.25, 0.3) is 0 Å². The number of primary amides is 1. The van der Waals surface area contributed by atoms with Crippen LogP contribution < -0.4 is 11.1 Å². The quantitative estimate of drug-likeness (QED) is 0.880. The Morgan fingerprint density at radius 1 is 1.42 bits per heavy atom. The van der Waals surface area contributed by atoms with Crippen LogP contribution in [0.4, 0.5) is 0 Å². The van der Waals surface area contributed by atoms with Crippen molar-refractivity contribution in [2.24, 2.45) is 5.73 Å². The first-order valence-corrected chi connectivity index (χ1v) is 7.11. The number of thiophene rings is 1. The van der Waals surface area contributed by atoms with Gasteiger partial charge in [0.25, 0.3) is 0 Å². The minimum atomic E-state index is -0.366. The van der Waals surface area contributed by atoms with Gasteiger partial charge in [0.1, 0.15) is 0 Å². The van der Waals surface area contributed by atoms with Crippen molar-refractivity contribution in [1.82, 2.24) is 5.32 Å². The molecule has 1 aromatic carbocycles. The van der Waals surface area contributed by atoms with E-state index in [9.17, 15) is 4.79 Å². The van der Waals surface area contributed by atoms with E-state index in [1.54, 1.807) is 16.7 Å². The molecule has 0 aliphatic rings. The van der Waals surface area contributed by atoms with E-state index in [2.05, 4.69) is 43.4 Å². The predicted molar refractivity (Wildman–Crippen MR) is 79.3 cm³/mol. The monoisotopic (exact) mass is 274 g/mol. The summed E-state index contributed by atoms with van der Waals surface area (Å²) in [5, 5.41) is 5.26. The summed E-state index contributed by atoms with van der Waals surface area (Å²) in [6.45, 7) is 4.97. The molecule has 0 radical (unpaired) electrons. The Hall–Kier alpha value is -1.65. The van der Waals surface area contributed by atoms with Crippen molar-refractivity contribution >= 4 is 17.2 Å². The molecule has 0 saturated carbocycles. The zero-order valence-corrected chi connectivity index (χ0v) is 12.0. The molecule has 2 rings (SSSR count). The third-order valence-corrected chi connectivity index (χ3v) is 4.00. The number of carbonyl (C=O) groups excluding carboxylic acids is 1. The van der Waals surface area contributed by atoms with Crippen molar-refractivity contribution in [3.05, 3.63) is 57.3 Å². The Morgan fingerprint density at radius 2 is 2.21 bits per heavy atom. The Bertz CT molecular complexity index is 577. The van der Waals surface area contributed by atoms with Crippen LogP contribution in [-0.2, 0) is 6.54 Å². The minimum absolute atomic E-state index is 0.277. The molecule has 0 aliphatic carbocycles. The molecule has 1 atom stereocenters. The number of aryl methyl sites for hydroxylation is 1. The second-order valence-corrected chi connectivity index (χ2v) is 5.68. The third-order valence-electron chi connectivity index (χ3n) is 3.06. The number of hydrogen-bond donors (Lipinski definition) is 2. The second-order valence-electron chi connectivity index (χ2n) is 4.68. The molecule has 0 bridgehead atoms. The molecule has 4 heteroatoms. The summed E-state index contributed by atoms with van der Waals surface area (Å²) in [7, 11) is 0. The van der Waals surface area contributed by atoms with E-state index in [0.717, 1.165) is 11.4 Å². The lowest BCUT2D eigenvalue weighted by molar-refractivity contribution is 0.100. The van der Waals surface area contributed by atoms with Gasteiger partial charge in [-0.25, -0.2) is 0 Å². The highest BCUT2D eigenvalue weighted by atomic mass is 32.1. The summed E-state index contributed by atoms with van der Waals surface area (Å²) in [5.74, 6) is -0.366. The van der Waals surface area contributed by atoms with E-state index in [1.807, 2.05) is 6.07 Å². The summed E-state index contributed by atoms with van der Waals surface area (Å²) in [6, 6.07) is 10.6. The molecular formula is C15H18N2OS. The van der Waals surface area contributed by atoms with E-state index in [0.29, 0.717) is 5.56 Å². The van der Waals surface area contributed by atoms with Crippen LogP contribution >= 0.6 is 11.3 Å². The lowest BCUT2D eigenvalue weighted by Crippen LogP contribution is -2.17. The van der Waals surface area contributed by atoms with Gasteiger partial charge in [-0.3, -0.25) is 4.79 Å². The molecular weight excluding hydrogens is 256 g/mol. The number of nitrogens with two attached hydrogens (primary N) is 1. The van der Waals surface area contributed by atoms with Crippen LogP contribution in [0.5, 0.6) is 0 Å². The van der Waals surface area contributed by atoms with Crippen molar-refractivity contribution in [2.75, 3.05) is 0 Å². The summed E-state index contributed by atoms with van der Waals surface area (Å²) in [6.07, 6.45) is 0. The van der Waals surface area contributed by atoms with Crippen molar-refractivity contribution < 1.29 is 4.79 Å². The van der Waals surface area contributed by atoms with E-state index in [4.69, 9.17) is 5.73 Å². The van der Waals surface area contributed by atoms with Gasteiger partial charge in [0.05, 0.1) is 5.56 Å². The highest BCUT2D eigenvalue weighted by molar-refractivity contribution is 7.10. The number of carbonyl (C=O) groups is 1. The Labute approximate surface area is 117 Å². The summed E-state index contributed by atoms with van der Waals surface area (Å²) < 4.78 is 0. The van der Waals surface area contributed by atoms with Crippen molar-refractivity contribution in [2.45, 2.75) is 26.4 Å². The van der Waals surface area contributed by atoms with E-state index in [-0.39, 0.29) is 11.9 Å². The zero-order chi connectivity index (χ0) is 13.8. The van der Waals surface area contributed by atoms with Gasteiger partial charge in [-0.2, -0.15) is 0 Å². The average molecular weight is 274 g/mol. The normalized spacial score (nSPS) is 12.3. The maximum atomic E-state index is 11.0. The van der Waals surface area contributed by atoms with Crippen LogP contribution in [0, 0.1) is 6.92 Å². The smallest absolute Gasteiger partial charge is 0.249 e. The van der Waals surface area contributed by atoms with Crippen LogP contribution in [0.3, 0.4) is 0 Å². The topological polar surface area (TPSA) is 55.1 Å². The van der Waals surface area contributed by atoms with Crippen molar-refractivity contribution in [3.8, 4) is 0 Å². The van der Waals surface area contributed by atoms with Gasteiger partial charge in [0.2, 0.25) is 5.91 Å². The second kappa shape index (κ2) is 5.99. The van der Waals surface area contributed by atoms with Gasteiger partial charge < -0.3 is 11.1 Å². The lowest BCUT2D eigenvalue weighted by atomic mass is 10.1. The van der Waals surface area contributed by atoms with Gasteiger partial charge in [0.15, 0.2) is 0 Å². The van der Waals surface area contributed by atoms with Crippen molar-refractivity contribution in [1.29, 1.82) is 0 Å². The number of nitrogens with one attached hydrogen (secondary N) is 1. The van der Waals surface area contributed by atoms with Gasteiger partial charge in [0, 0.05) is 22.8 Å². The summed E-state index contributed by atoms with van der Waals surface area (Å²) >= 11 is 1.55. The number of amides is 1. The van der Waals surface area contributed by atoms with Crippen LogP contribution in [0.2, 0.25) is 0 Å². The molecule has 0 unspecified atom stereocenters. The Morgan fingerprint density at radius 3 is 2.84 bits per heavy atom. The third kappa shape index (κ3) is 3.66. The molecule has 0 saturated heterocycles. The van der Waals surface area contributed by atoms with E-state index >= 15 is 0 Å². The van der Waals surface area contributed by atoms with Crippen molar-refractivity contribution in [3.63, 3.8) is 0 Å². The first kappa shape index (κ1) is 13.8. The number of hydrogen-bond acceptors (Lipinski definition) is 3. The average Bonchev–Trinajstić information content (AvgIpc) is 2.85. The largest absolute Gasteiger partial charge is 0.366 e. The number of rotatable bonds is 5. The highest BCUT2D eigenvalue weighted by Crippen LogP contribution is 2.17. The van der Waals surface area contributed by atoms with Gasteiger partial charge in [-0.1, -0.05) is 29.8 Å². The molecule has 1 amide bonds. The molecule has 0 spiro atoms. The molecule has 19 heavy (non-hydrogen) atoms. The SMILES string of the molecule is Cc1cccc([C@H](C)NCc2cc(C(N)=O)cs2)c1. The van der Waals surface area contributed by atoms with Crippen LogP contribution in [-0.4, -0.2) is 5.91 Å². The zero-order valence-electron chi connectivity index (χ0n) is 11.1. The first-order valence-electron chi connectivity index (χ1n) is 6.23. The fraction of sp³-hybridized carbons (Fsp3) is 0.267. The maximum Gasteiger partial charge on any atom is 0.249 e. The molecule has 1 aromatic heterocycles. The van der Waals surface area contributed by atoms with Gasteiger partial charge in [-0.15, -0.1) is 11.3 Å². The van der Waals surface area contributed by atoms with Crippen LogP contribution in [0.1, 0.15) is 39.3 Å². The van der Waals surface area contributed by atoms with Gasteiger partial charge in [-0.05, 0) is 25.5 Å². The molecule has 3 N–H and O–H groups in total.